The molecule has 35 heavy (non-hydrogen) atoms. The number of rotatable bonds is 7. The fourth-order valence-corrected chi connectivity index (χ4v) is 7.20. The Hall–Kier alpha value is -2.15. The molecule has 0 aromatic carbocycles. The number of imide groups is 1. The van der Waals surface area contributed by atoms with Crippen LogP contribution in [-0.4, -0.2) is 79.0 Å². The quantitative estimate of drug-likeness (QED) is 0.596. The average molecular weight is 501 g/mol. The summed E-state index contributed by atoms with van der Waals surface area (Å²) in [5.74, 6) is 0.0101. The Morgan fingerprint density at radius 1 is 1.26 bits per heavy atom. The van der Waals surface area contributed by atoms with Crippen molar-refractivity contribution in [2.75, 3.05) is 52.0 Å². The molecule has 9 heteroatoms. The van der Waals surface area contributed by atoms with Gasteiger partial charge in [-0.05, 0) is 70.1 Å². The second kappa shape index (κ2) is 11.7. The molecule has 1 aliphatic carbocycles. The predicted molar refractivity (Wildman–Crippen MR) is 139 cm³/mol. The van der Waals surface area contributed by atoms with E-state index in [0.29, 0.717) is 36.2 Å². The van der Waals surface area contributed by atoms with E-state index in [9.17, 15) is 14.9 Å². The Morgan fingerprint density at radius 2 is 2.03 bits per heavy atom. The summed E-state index contributed by atoms with van der Waals surface area (Å²) in [6, 6.07) is 2.37. The molecule has 192 valence electrons. The Kier molecular flexibility index (Phi) is 8.68. The van der Waals surface area contributed by atoms with E-state index in [0.717, 1.165) is 57.3 Å². The van der Waals surface area contributed by atoms with E-state index in [1.165, 1.54) is 40.4 Å². The fourth-order valence-electron chi connectivity index (χ4n) is 6.10. The van der Waals surface area contributed by atoms with Gasteiger partial charge in [-0.1, -0.05) is 19.8 Å². The van der Waals surface area contributed by atoms with Gasteiger partial charge in [-0.3, -0.25) is 9.69 Å². The lowest BCUT2D eigenvalue weighted by molar-refractivity contribution is -0.136. The number of hydrogen-bond donors (Lipinski definition) is 2. The van der Waals surface area contributed by atoms with Crippen molar-refractivity contribution in [3.05, 3.63) is 16.0 Å². The summed E-state index contributed by atoms with van der Waals surface area (Å²) in [6.45, 7) is 6.80. The number of carbonyl (C=O) groups excluding carboxylic acids is 2. The molecule has 0 saturated carbocycles. The molecule has 3 aliphatic rings. The summed E-state index contributed by atoms with van der Waals surface area (Å²) in [5.41, 5.74) is 7.81. The Morgan fingerprint density at radius 3 is 2.74 bits per heavy atom. The van der Waals surface area contributed by atoms with Crippen LogP contribution in [0.3, 0.4) is 0 Å². The standard InChI is InChI=1S/C26H40N6O2S/c1-3-4-11-32(26(34)29-8-12-31-9-6-5-7-10-31)25(33)19-13-18-14-20-21(16-27)24(28)35-23(20)15-22(18)30(2)17-19/h18-19,22H,3-15,17,28H2,1-2H3,(H,29,34)/t18-,19-,22-/m1/s1. The van der Waals surface area contributed by atoms with Gasteiger partial charge in [-0.15, -0.1) is 11.3 Å². The number of nitrogens with two attached hydrogens (primary N) is 1. The average Bonchev–Trinajstić information content (AvgIpc) is 3.17. The molecule has 0 bridgehead atoms. The van der Waals surface area contributed by atoms with Crippen LogP contribution in [0.4, 0.5) is 9.80 Å². The van der Waals surface area contributed by atoms with Gasteiger partial charge < -0.3 is 20.9 Å². The van der Waals surface area contributed by atoms with Crippen LogP contribution < -0.4 is 11.1 Å². The number of amides is 3. The number of urea groups is 1. The maximum atomic E-state index is 13.7. The molecule has 3 atom stereocenters. The van der Waals surface area contributed by atoms with Gasteiger partial charge in [0, 0.05) is 37.1 Å². The number of unbranched alkanes of at least 4 members (excludes halogenated alkanes) is 1. The first-order chi connectivity index (χ1) is 16.9. The van der Waals surface area contributed by atoms with Crippen LogP contribution in [0.15, 0.2) is 0 Å². The van der Waals surface area contributed by atoms with E-state index < -0.39 is 0 Å². The molecule has 3 heterocycles. The number of hydrogen-bond acceptors (Lipinski definition) is 7. The SMILES string of the molecule is CCCCN(C(=O)NCCN1CCCCC1)C(=O)[C@@H]1C[C@@H]2Cc3c(sc(N)c3C#N)C[C@H]2N(C)C1. The number of nitrogen functional groups attached to an aromatic ring is 1. The van der Waals surface area contributed by atoms with Crippen molar-refractivity contribution in [1.29, 1.82) is 5.26 Å². The van der Waals surface area contributed by atoms with Gasteiger partial charge >= 0.3 is 6.03 Å². The maximum absolute atomic E-state index is 13.7. The molecule has 0 spiro atoms. The summed E-state index contributed by atoms with van der Waals surface area (Å²) in [5, 5.41) is 13.2. The molecule has 2 saturated heterocycles. The van der Waals surface area contributed by atoms with E-state index in [4.69, 9.17) is 5.73 Å². The summed E-state index contributed by atoms with van der Waals surface area (Å²) in [7, 11) is 2.08. The largest absolute Gasteiger partial charge is 0.389 e. The van der Waals surface area contributed by atoms with Gasteiger partial charge in [0.1, 0.15) is 11.1 Å². The van der Waals surface area contributed by atoms with E-state index >= 15 is 0 Å². The van der Waals surface area contributed by atoms with Gasteiger partial charge in [-0.25, -0.2) is 4.79 Å². The summed E-state index contributed by atoms with van der Waals surface area (Å²) in [4.78, 5) is 34.1. The van der Waals surface area contributed by atoms with Gasteiger partial charge in [0.2, 0.25) is 5.91 Å². The van der Waals surface area contributed by atoms with Crippen LogP contribution in [0.1, 0.15) is 61.5 Å². The highest BCUT2D eigenvalue weighted by Gasteiger charge is 2.43. The maximum Gasteiger partial charge on any atom is 0.324 e. The fraction of sp³-hybridized carbons (Fsp3) is 0.731. The van der Waals surface area contributed by atoms with Crippen LogP contribution in [0.5, 0.6) is 0 Å². The smallest absolute Gasteiger partial charge is 0.324 e. The number of thiophene rings is 1. The van der Waals surface area contributed by atoms with Crippen molar-refractivity contribution < 1.29 is 9.59 Å². The highest BCUT2D eigenvalue weighted by atomic mass is 32.1. The topological polar surface area (TPSA) is 106 Å². The molecule has 1 aromatic rings. The predicted octanol–water partition coefficient (Wildman–Crippen LogP) is 3.06. The number of likely N-dealkylation sites (N-methyl/N-ethyl adjacent to an activating group) is 1. The molecule has 3 amide bonds. The number of fused-ring (bicyclic) bond motifs is 2. The Balaban J connectivity index is 1.40. The van der Waals surface area contributed by atoms with Crippen molar-refractivity contribution in [1.82, 2.24) is 20.0 Å². The van der Waals surface area contributed by atoms with Gasteiger partial charge in [-0.2, -0.15) is 5.26 Å². The van der Waals surface area contributed by atoms with Gasteiger partial charge in [0.05, 0.1) is 11.5 Å². The van der Waals surface area contributed by atoms with Crippen molar-refractivity contribution in [3.8, 4) is 6.07 Å². The van der Waals surface area contributed by atoms with E-state index in [2.05, 4.69) is 35.2 Å². The zero-order valence-electron chi connectivity index (χ0n) is 21.2. The van der Waals surface area contributed by atoms with E-state index in [1.807, 2.05) is 0 Å². The first-order valence-electron chi connectivity index (χ1n) is 13.2. The van der Waals surface area contributed by atoms with Crippen LogP contribution >= 0.6 is 11.3 Å². The van der Waals surface area contributed by atoms with Crippen LogP contribution in [0.2, 0.25) is 0 Å². The Labute approximate surface area is 213 Å². The number of nitrogens with zero attached hydrogens (tertiary/aromatic N) is 4. The van der Waals surface area contributed by atoms with Gasteiger partial charge in [0.25, 0.3) is 0 Å². The monoisotopic (exact) mass is 500 g/mol. The summed E-state index contributed by atoms with van der Waals surface area (Å²) < 4.78 is 0. The number of anilines is 1. The van der Waals surface area contributed by atoms with Crippen LogP contribution in [-0.2, 0) is 17.6 Å². The highest BCUT2D eigenvalue weighted by Crippen LogP contribution is 2.43. The normalized spacial score (nSPS) is 24.8. The number of nitriles is 1. The number of nitrogens with one attached hydrogen (secondary N) is 1. The minimum Gasteiger partial charge on any atom is -0.389 e. The highest BCUT2D eigenvalue weighted by molar-refractivity contribution is 7.16. The van der Waals surface area contributed by atoms with Crippen molar-refractivity contribution >= 4 is 28.3 Å². The first kappa shape index (κ1) is 25.9. The van der Waals surface area contributed by atoms with Crippen LogP contribution in [0, 0.1) is 23.2 Å². The second-order valence-electron chi connectivity index (χ2n) is 10.4. The van der Waals surface area contributed by atoms with Crippen molar-refractivity contribution in [2.24, 2.45) is 11.8 Å². The molecule has 0 radical (unpaired) electrons. The first-order valence-corrected chi connectivity index (χ1v) is 14.1. The minimum atomic E-state index is -0.256. The molecule has 4 rings (SSSR count). The zero-order chi connectivity index (χ0) is 24.9. The number of likely N-dealkylation sites (tertiary alicyclic amines) is 2. The summed E-state index contributed by atoms with van der Waals surface area (Å²) >= 11 is 1.54. The third-order valence-corrected chi connectivity index (χ3v) is 9.13. The van der Waals surface area contributed by atoms with Gasteiger partial charge in [0.15, 0.2) is 0 Å². The second-order valence-corrected chi connectivity index (χ2v) is 11.6. The molecule has 0 unspecified atom stereocenters. The third kappa shape index (κ3) is 5.82. The number of piperidine rings is 2. The molecule has 2 aliphatic heterocycles. The number of carbonyl (C=O) groups is 2. The third-order valence-electron chi connectivity index (χ3n) is 8.05. The lowest BCUT2D eigenvalue weighted by Crippen LogP contribution is -2.55. The van der Waals surface area contributed by atoms with E-state index in [1.54, 1.807) is 0 Å². The minimum absolute atomic E-state index is 0.0599. The lowest BCUT2D eigenvalue weighted by atomic mass is 9.74. The molecule has 2 fully saturated rings. The van der Waals surface area contributed by atoms with Crippen LogP contribution in [0.25, 0.3) is 0 Å². The lowest BCUT2D eigenvalue weighted by Gasteiger charge is -2.45. The van der Waals surface area contributed by atoms with Crippen molar-refractivity contribution in [2.45, 2.75) is 64.3 Å². The summed E-state index contributed by atoms with van der Waals surface area (Å²) in [6.07, 6.45) is 7.88. The molecular formula is C26H40N6O2S. The molecule has 8 nitrogen and oxygen atoms in total. The Bertz CT molecular complexity index is 950. The molecule has 3 N–H and O–H groups in total. The molecular weight excluding hydrogens is 460 g/mol. The molecule has 1 aromatic heterocycles. The van der Waals surface area contributed by atoms with Crippen molar-refractivity contribution in [3.63, 3.8) is 0 Å². The zero-order valence-corrected chi connectivity index (χ0v) is 22.0. The van der Waals surface area contributed by atoms with E-state index in [-0.39, 0.29) is 23.8 Å².